The van der Waals surface area contributed by atoms with Crippen molar-refractivity contribution in [2.24, 2.45) is 5.41 Å². The molecule has 11 nitrogen and oxygen atoms in total. The number of carbonyl (C=O) groups is 5. The molecule has 5 N–H and O–H groups in total. The lowest BCUT2D eigenvalue weighted by Gasteiger charge is -2.31. The lowest BCUT2D eigenvalue weighted by atomic mass is 9.86. The molecular formula is C21H29N3O8. The van der Waals surface area contributed by atoms with Crippen LogP contribution in [0.2, 0.25) is 0 Å². The first-order valence-corrected chi connectivity index (χ1v) is 9.83. The molecule has 0 fully saturated rings. The van der Waals surface area contributed by atoms with Gasteiger partial charge in [0.2, 0.25) is 11.8 Å². The minimum absolute atomic E-state index is 0.00409. The molecule has 1 rings (SSSR count). The van der Waals surface area contributed by atoms with Gasteiger partial charge in [-0.1, -0.05) is 51.1 Å². The smallest absolute Gasteiger partial charge is 0.408 e. The summed E-state index contributed by atoms with van der Waals surface area (Å²) < 4.78 is 5.14. The molecule has 1 aromatic rings. The van der Waals surface area contributed by atoms with Gasteiger partial charge < -0.3 is 30.9 Å². The second-order valence-corrected chi connectivity index (χ2v) is 8.23. The van der Waals surface area contributed by atoms with Crippen LogP contribution >= 0.6 is 0 Å². The Morgan fingerprint density at radius 3 is 2.03 bits per heavy atom. The van der Waals surface area contributed by atoms with Gasteiger partial charge in [-0.3, -0.25) is 14.4 Å². The molecule has 0 heterocycles. The zero-order valence-electron chi connectivity index (χ0n) is 18.4. The number of benzene rings is 1. The summed E-state index contributed by atoms with van der Waals surface area (Å²) in [7, 11) is 0. The minimum Gasteiger partial charge on any atom is -0.481 e. The van der Waals surface area contributed by atoms with Crippen molar-refractivity contribution in [1.82, 2.24) is 16.0 Å². The number of hydrogen-bond acceptors (Lipinski definition) is 6. The van der Waals surface area contributed by atoms with Crippen molar-refractivity contribution in [3.63, 3.8) is 0 Å². The van der Waals surface area contributed by atoms with E-state index >= 15 is 0 Å². The molecule has 0 saturated heterocycles. The lowest BCUT2D eigenvalue weighted by molar-refractivity contribution is -0.147. The van der Waals surface area contributed by atoms with Gasteiger partial charge >= 0.3 is 18.0 Å². The maximum absolute atomic E-state index is 12.7. The Kier molecular flexibility index (Phi) is 9.64. The van der Waals surface area contributed by atoms with Crippen molar-refractivity contribution in [1.29, 1.82) is 0 Å². The van der Waals surface area contributed by atoms with Crippen LogP contribution in [-0.4, -0.2) is 58.2 Å². The fraction of sp³-hybridized carbons (Fsp3) is 0.476. The van der Waals surface area contributed by atoms with E-state index in [2.05, 4.69) is 16.0 Å². The van der Waals surface area contributed by atoms with Crippen molar-refractivity contribution >= 4 is 29.8 Å². The number of hydrogen-bond donors (Lipinski definition) is 5. The van der Waals surface area contributed by atoms with Gasteiger partial charge in [0.05, 0.1) is 6.42 Å². The zero-order valence-corrected chi connectivity index (χ0v) is 18.4. The van der Waals surface area contributed by atoms with Crippen LogP contribution in [0.15, 0.2) is 30.3 Å². The number of carboxylic acid groups (broad SMARTS) is 2. The topological polar surface area (TPSA) is 171 Å². The largest absolute Gasteiger partial charge is 0.481 e. The molecular weight excluding hydrogens is 422 g/mol. The van der Waals surface area contributed by atoms with E-state index in [1.807, 2.05) is 6.07 Å². The van der Waals surface area contributed by atoms with E-state index in [0.29, 0.717) is 0 Å². The van der Waals surface area contributed by atoms with Gasteiger partial charge in [-0.2, -0.15) is 0 Å². The molecule has 1 aromatic carbocycles. The van der Waals surface area contributed by atoms with Gasteiger partial charge in [-0.25, -0.2) is 9.59 Å². The molecule has 3 atom stereocenters. The monoisotopic (exact) mass is 451 g/mol. The first kappa shape index (κ1) is 26.4. The summed E-state index contributed by atoms with van der Waals surface area (Å²) in [6, 6.07) is 5.04. The number of rotatable bonds is 10. The van der Waals surface area contributed by atoms with Gasteiger partial charge in [-0.15, -0.1) is 0 Å². The van der Waals surface area contributed by atoms with Crippen LogP contribution in [-0.2, 0) is 30.5 Å². The van der Waals surface area contributed by atoms with Crippen LogP contribution in [0.4, 0.5) is 4.79 Å². The molecule has 32 heavy (non-hydrogen) atoms. The number of amides is 3. The van der Waals surface area contributed by atoms with Gasteiger partial charge in [0.15, 0.2) is 0 Å². The van der Waals surface area contributed by atoms with Crippen molar-refractivity contribution < 1.29 is 38.9 Å². The molecule has 0 aromatic heterocycles. The summed E-state index contributed by atoms with van der Waals surface area (Å²) in [5, 5.41) is 24.7. The molecule has 3 amide bonds. The first-order chi connectivity index (χ1) is 14.8. The maximum atomic E-state index is 12.7. The van der Waals surface area contributed by atoms with Crippen molar-refractivity contribution in [3.05, 3.63) is 35.9 Å². The molecule has 0 bridgehead atoms. The Hall–Kier alpha value is -3.63. The first-order valence-electron chi connectivity index (χ1n) is 9.83. The molecule has 0 aliphatic rings. The van der Waals surface area contributed by atoms with E-state index in [9.17, 15) is 24.0 Å². The Labute approximate surface area is 185 Å². The highest BCUT2D eigenvalue weighted by Crippen LogP contribution is 2.20. The summed E-state index contributed by atoms with van der Waals surface area (Å²) in [5.74, 6) is -4.50. The van der Waals surface area contributed by atoms with Gasteiger partial charge in [0.25, 0.3) is 0 Å². The fourth-order valence-corrected chi connectivity index (χ4v) is 2.59. The molecule has 0 saturated carbocycles. The van der Waals surface area contributed by atoms with Gasteiger partial charge in [0.1, 0.15) is 24.7 Å². The lowest BCUT2D eigenvalue weighted by Crippen LogP contribution is -2.58. The van der Waals surface area contributed by atoms with Crippen molar-refractivity contribution in [2.75, 3.05) is 0 Å². The number of carboxylic acids is 2. The Morgan fingerprint density at radius 2 is 1.53 bits per heavy atom. The average molecular weight is 451 g/mol. The highest BCUT2D eigenvalue weighted by Gasteiger charge is 2.35. The number of nitrogens with one attached hydrogen (secondary N) is 3. The minimum atomic E-state index is -1.65. The summed E-state index contributed by atoms with van der Waals surface area (Å²) in [6.07, 6.45) is -1.64. The third kappa shape index (κ3) is 9.02. The zero-order chi connectivity index (χ0) is 24.5. The number of aliphatic carboxylic acids is 2. The molecule has 0 aliphatic heterocycles. The third-order valence-electron chi connectivity index (χ3n) is 4.35. The average Bonchev–Trinajstić information content (AvgIpc) is 2.69. The molecule has 0 radical (unpaired) electrons. The summed E-state index contributed by atoms with van der Waals surface area (Å²) in [4.78, 5) is 59.0. The van der Waals surface area contributed by atoms with E-state index in [1.165, 1.54) is 6.92 Å². The normalized spacial score (nSPS) is 13.8. The fourth-order valence-electron chi connectivity index (χ4n) is 2.59. The van der Waals surface area contributed by atoms with E-state index in [-0.39, 0.29) is 6.61 Å². The standard InChI is InChI=1S/C21H29N3O8/c1-12(17(27)23-14(19(29)30)10-15(25)26)22-18(28)16(21(2,3)4)24-20(31)32-11-13-8-6-5-7-9-13/h5-9,12,14,16H,10-11H2,1-4H3,(H,22,28)(H,23,27)(H,24,31)(H,25,26)(H,29,30)/t12-,14-,16+/m0/s1. The van der Waals surface area contributed by atoms with Crippen molar-refractivity contribution in [2.45, 2.75) is 58.8 Å². The van der Waals surface area contributed by atoms with Crippen molar-refractivity contribution in [3.8, 4) is 0 Å². The molecule has 0 spiro atoms. The van der Waals surface area contributed by atoms with Gasteiger partial charge in [-0.05, 0) is 17.9 Å². The van der Waals surface area contributed by atoms with Crippen LogP contribution in [0.3, 0.4) is 0 Å². The predicted molar refractivity (Wildman–Crippen MR) is 112 cm³/mol. The van der Waals surface area contributed by atoms with Crippen LogP contribution in [0.5, 0.6) is 0 Å². The number of ether oxygens (including phenoxy) is 1. The Balaban J connectivity index is 2.74. The molecule has 11 heteroatoms. The van der Waals surface area contributed by atoms with E-state index in [4.69, 9.17) is 14.9 Å². The molecule has 0 unspecified atom stereocenters. The second kappa shape index (κ2) is 11.7. The van der Waals surface area contributed by atoms with Crippen LogP contribution in [0.25, 0.3) is 0 Å². The molecule has 0 aliphatic carbocycles. The predicted octanol–water partition coefficient (Wildman–Crippen LogP) is 0.876. The van der Waals surface area contributed by atoms with E-state index in [1.54, 1.807) is 45.0 Å². The number of carbonyl (C=O) groups excluding carboxylic acids is 3. The summed E-state index contributed by atoms with van der Waals surface area (Å²) in [5.41, 5.74) is 0.0120. The van der Waals surface area contributed by atoms with Gasteiger partial charge in [0, 0.05) is 0 Å². The van der Waals surface area contributed by atoms with E-state index < -0.39 is 59.8 Å². The SMILES string of the molecule is C[C@H](NC(=O)[C@@H](NC(=O)OCc1ccccc1)C(C)(C)C)C(=O)N[C@@H](CC(=O)O)C(=O)O. The second-order valence-electron chi connectivity index (χ2n) is 8.23. The highest BCUT2D eigenvalue weighted by molar-refractivity contribution is 5.93. The highest BCUT2D eigenvalue weighted by atomic mass is 16.5. The van der Waals surface area contributed by atoms with Crippen LogP contribution in [0.1, 0.15) is 39.7 Å². The maximum Gasteiger partial charge on any atom is 0.408 e. The summed E-state index contributed by atoms with van der Waals surface area (Å²) in [6.45, 7) is 6.41. The third-order valence-corrected chi connectivity index (χ3v) is 4.35. The molecule has 176 valence electrons. The number of alkyl carbamates (subject to hydrolysis) is 1. The van der Waals surface area contributed by atoms with Crippen LogP contribution in [0, 0.1) is 5.41 Å². The van der Waals surface area contributed by atoms with E-state index in [0.717, 1.165) is 5.56 Å². The Bertz CT molecular complexity index is 835. The van der Waals surface area contributed by atoms with Crippen LogP contribution < -0.4 is 16.0 Å². The Morgan fingerprint density at radius 1 is 0.938 bits per heavy atom. The quantitative estimate of drug-likeness (QED) is 0.349. The summed E-state index contributed by atoms with van der Waals surface area (Å²) >= 11 is 0.